The number of halogens is 3. The summed E-state index contributed by atoms with van der Waals surface area (Å²) in [5.74, 6) is -0.543. The van der Waals surface area contributed by atoms with E-state index in [1.165, 1.54) is 12.1 Å². The largest absolute Gasteiger partial charge is 0.448 e. The lowest BCUT2D eigenvalue weighted by Gasteiger charge is -2.22. The van der Waals surface area contributed by atoms with Crippen LogP contribution in [0.15, 0.2) is 29.5 Å². The summed E-state index contributed by atoms with van der Waals surface area (Å²) in [6, 6.07) is 4.81. The number of aliphatic hydroxyl groups excluding tert-OH is 1. The van der Waals surface area contributed by atoms with Crippen molar-refractivity contribution in [2.24, 2.45) is 11.1 Å². The van der Waals surface area contributed by atoms with E-state index >= 15 is 0 Å². The van der Waals surface area contributed by atoms with E-state index in [2.05, 4.69) is 10.5 Å². The molecule has 12 heteroatoms. The van der Waals surface area contributed by atoms with Gasteiger partial charge in [-0.05, 0) is 30.5 Å². The van der Waals surface area contributed by atoms with E-state index < -0.39 is 23.8 Å². The normalized spacial score (nSPS) is 12.2. The smallest absolute Gasteiger partial charge is 0.416 e. The Balaban J connectivity index is 2.38. The lowest BCUT2D eigenvalue weighted by atomic mass is 10.1. The van der Waals surface area contributed by atoms with Gasteiger partial charge in [0.1, 0.15) is 12.4 Å². The molecule has 4 N–H and O–H groups in total. The maximum Gasteiger partial charge on any atom is 0.416 e. The molecule has 0 saturated carbocycles. The minimum absolute atomic E-state index is 0.00956. The van der Waals surface area contributed by atoms with Crippen LogP contribution in [0.5, 0.6) is 0 Å². The van der Waals surface area contributed by atoms with Crippen LogP contribution in [0, 0.1) is 16.9 Å². The number of alkyl halides is 3. The van der Waals surface area contributed by atoms with Crippen LogP contribution >= 0.6 is 0 Å². The number of ether oxygens (including phenoxy) is 2. The molecule has 1 aromatic rings. The summed E-state index contributed by atoms with van der Waals surface area (Å²) in [4.78, 5) is 11.5. The molecule has 1 atom stereocenters. The Bertz CT molecular complexity index is 718. The highest BCUT2D eigenvalue weighted by molar-refractivity contribution is 5.81. The zero-order valence-corrected chi connectivity index (χ0v) is 17.2. The van der Waals surface area contributed by atoms with Crippen LogP contribution < -0.4 is 5.32 Å². The minimum Gasteiger partial charge on any atom is -0.448 e. The molecule has 0 fully saturated rings. The number of carbonyl (C=O) groups excluding carboxylic acids is 1. The molecule has 0 aromatic heterocycles. The third-order valence-corrected chi connectivity index (χ3v) is 4.15. The van der Waals surface area contributed by atoms with Crippen LogP contribution in [0.25, 0.3) is 0 Å². The number of aliphatic hydroxyl groups is 1. The molecular formula is C19H28F3N5O4. The number of benzene rings is 1. The van der Waals surface area contributed by atoms with Crippen molar-refractivity contribution in [3.05, 3.63) is 35.4 Å². The average Bonchev–Trinajstić information content (AvgIpc) is 2.73. The van der Waals surface area contributed by atoms with E-state index in [0.29, 0.717) is 24.9 Å². The van der Waals surface area contributed by atoms with E-state index in [0.717, 1.165) is 17.1 Å². The average molecular weight is 447 g/mol. The van der Waals surface area contributed by atoms with Crippen molar-refractivity contribution in [1.29, 1.82) is 10.9 Å². The molecule has 1 amide bonds. The van der Waals surface area contributed by atoms with Crippen molar-refractivity contribution >= 4 is 11.9 Å². The Morgan fingerprint density at radius 1 is 1.35 bits per heavy atom. The lowest BCUT2D eigenvalue weighted by Crippen LogP contribution is -2.35. The molecule has 0 saturated heterocycles. The number of amidine groups is 1. The van der Waals surface area contributed by atoms with Gasteiger partial charge in [-0.3, -0.25) is 5.41 Å². The summed E-state index contributed by atoms with van der Waals surface area (Å²) < 4.78 is 48.6. The summed E-state index contributed by atoms with van der Waals surface area (Å²) in [7, 11) is 0. The number of nitrogens with one attached hydrogen (secondary N) is 3. The van der Waals surface area contributed by atoms with Gasteiger partial charge in [0, 0.05) is 19.1 Å². The van der Waals surface area contributed by atoms with E-state index in [9.17, 15) is 18.0 Å². The lowest BCUT2D eigenvalue weighted by molar-refractivity contribution is -0.137. The van der Waals surface area contributed by atoms with Crippen LogP contribution in [0.4, 0.5) is 18.0 Å². The van der Waals surface area contributed by atoms with Crippen molar-refractivity contribution in [3.8, 4) is 0 Å². The predicted molar refractivity (Wildman–Crippen MR) is 106 cm³/mol. The van der Waals surface area contributed by atoms with Crippen molar-refractivity contribution in [1.82, 2.24) is 10.3 Å². The molecule has 174 valence electrons. The number of hydrogen-bond donors (Lipinski definition) is 4. The van der Waals surface area contributed by atoms with Gasteiger partial charge >= 0.3 is 12.3 Å². The standard InChI is InChI=1S/C19H28F3N5O4/c1-14(12-30-13-15-5-4-6-16(11-15)19(20,21)22)17(23)27(26-24)8-10-31-18(29)25-7-2-3-9-28/h4-6,11,14,23-24,28H,2-3,7-10,12-13H2,1H3,(H,25,29). The van der Waals surface area contributed by atoms with Crippen molar-refractivity contribution < 1.29 is 32.5 Å². The topological polar surface area (TPSA) is 131 Å². The van der Waals surface area contributed by atoms with E-state index in [1.54, 1.807) is 6.92 Å². The van der Waals surface area contributed by atoms with Crippen LogP contribution in [-0.2, 0) is 22.3 Å². The highest BCUT2D eigenvalue weighted by Gasteiger charge is 2.30. The third-order valence-electron chi connectivity index (χ3n) is 4.15. The first kappa shape index (κ1) is 26.3. The molecule has 1 aromatic carbocycles. The van der Waals surface area contributed by atoms with Crippen LogP contribution in [0.1, 0.15) is 30.9 Å². The molecule has 0 aliphatic heterocycles. The highest BCUT2D eigenvalue weighted by atomic mass is 19.4. The minimum atomic E-state index is -4.43. The molecule has 31 heavy (non-hydrogen) atoms. The SMILES string of the molecule is CC(COCc1cccc(C(F)(F)F)c1)C(=N)N(CCOC(=O)NCCCCO)N=N. The molecule has 1 rings (SSSR count). The summed E-state index contributed by atoms with van der Waals surface area (Å²) in [6.07, 6.45) is -3.90. The maximum atomic E-state index is 12.7. The molecule has 0 bridgehead atoms. The van der Waals surface area contributed by atoms with Gasteiger partial charge in [-0.1, -0.05) is 24.3 Å². The van der Waals surface area contributed by atoms with E-state index in [4.69, 9.17) is 25.5 Å². The fraction of sp³-hybridized carbons (Fsp3) is 0.579. The third kappa shape index (κ3) is 10.2. The molecule has 0 heterocycles. The van der Waals surface area contributed by atoms with Crippen LogP contribution in [-0.4, -0.2) is 55.0 Å². The van der Waals surface area contributed by atoms with Crippen LogP contribution in [0.2, 0.25) is 0 Å². The first-order chi connectivity index (χ1) is 14.7. The fourth-order valence-electron chi connectivity index (χ4n) is 2.45. The Labute approximate surface area is 178 Å². The van der Waals surface area contributed by atoms with E-state index in [-0.39, 0.29) is 38.8 Å². The van der Waals surface area contributed by atoms with Gasteiger partial charge in [0.2, 0.25) is 0 Å². The summed E-state index contributed by atoms with van der Waals surface area (Å²) in [5, 5.41) is 23.5. The number of alkyl carbamates (subject to hydrolysis) is 1. The Hall–Kier alpha value is -2.73. The van der Waals surface area contributed by atoms with Gasteiger partial charge in [-0.25, -0.2) is 9.80 Å². The zero-order chi connectivity index (χ0) is 23.3. The zero-order valence-electron chi connectivity index (χ0n) is 17.2. The second kappa shape index (κ2) is 13.5. The molecule has 0 aliphatic carbocycles. The quantitative estimate of drug-likeness (QED) is 0.121. The summed E-state index contributed by atoms with van der Waals surface area (Å²) >= 11 is 0. The number of carbonyl (C=O) groups is 1. The Kier molecular flexibility index (Phi) is 11.5. The molecule has 0 aliphatic rings. The number of nitrogens with zero attached hydrogens (tertiary/aromatic N) is 2. The molecule has 0 spiro atoms. The second-order valence-corrected chi connectivity index (χ2v) is 6.72. The number of rotatable bonds is 13. The van der Waals surface area contributed by atoms with Gasteiger partial charge in [0.05, 0.1) is 25.3 Å². The Morgan fingerprint density at radius 2 is 2.10 bits per heavy atom. The molecule has 9 nitrogen and oxygen atoms in total. The maximum absolute atomic E-state index is 12.7. The van der Waals surface area contributed by atoms with Gasteiger partial charge < -0.3 is 19.9 Å². The second-order valence-electron chi connectivity index (χ2n) is 6.72. The van der Waals surface area contributed by atoms with E-state index in [1.807, 2.05) is 0 Å². The van der Waals surface area contributed by atoms with Crippen molar-refractivity contribution in [2.45, 2.75) is 32.5 Å². The molecule has 0 radical (unpaired) electrons. The Morgan fingerprint density at radius 3 is 2.74 bits per heavy atom. The highest BCUT2D eigenvalue weighted by Crippen LogP contribution is 2.29. The first-order valence-electron chi connectivity index (χ1n) is 9.67. The van der Waals surface area contributed by atoms with Crippen molar-refractivity contribution in [2.75, 3.05) is 32.9 Å². The number of hydrogen-bond acceptors (Lipinski definition) is 7. The summed E-state index contributed by atoms with van der Waals surface area (Å²) in [5.41, 5.74) is 6.80. The van der Waals surface area contributed by atoms with Crippen molar-refractivity contribution in [3.63, 3.8) is 0 Å². The molecular weight excluding hydrogens is 419 g/mol. The number of amides is 1. The van der Waals surface area contributed by atoms with Gasteiger partial charge in [-0.2, -0.15) is 18.7 Å². The number of unbranched alkanes of at least 4 members (excludes halogenated alkanes) is 1. The predicted octanol–water partition coefficient (Wildman–Crippen LogP) is 3.58. The van der Waals surface area contributed by atoms with Gasteiger partial charge in [-0.15, -0.1) is 0 Å². The fourth-order valence-corrected chi connectivity index (χ4v) is 2.45. The monoisotopic (exact) mass is 447 g/mol. The van der Waals surface area contributed by atoms with Crippen LogP contribution in [0.3, 0.4) is 0 Å². The summed E-state index contributed by atoms with van der Waals surface area (Å²) in [6.45, 7) is 1.93. The van der Waals surface area contributed by atoms with Gasteiger partial charge in [0.15, 0.2) is 0 Å². The van der Waals surface area contributed by atoms with Gasteiger partial charge in [0.25, 0.3) is 0 Å². The molecule has 1 unspecified atom stereocenters. The first-order valence-corrected chi connectivity index (χ1v) is 9.67.